The largest absolute Gasteiger partial charge is 0.487 e. The lowest BCUT2D eigenvalue weighted by Gasteiger charge is -1.60. The van der Waals surface area contributed by atoms with Crippen molar-refractivity contribution in [3.05, 3.63) is 6.68 Å². The first-order valence-corrected chi connectivity index (χ1v) is 0.567. The molecule has 0 bridgehead atoms. The summed E-state index contributed by atoms with van der Waals surface area (Å²) in [4.78, 5) is 0. The molecule has 32 valence electrons. The van der Waals surface area contributed by atoms with Gasteiger partial charge in [0.1, 0.15) is 0 Å². The van der Waals surface area contributed by atoms with Gasteiger partial charge < -0.3 is 0 Å². The van der Waals surface area contributed by atoms with Gasteiger partial charge in [0.05, 0.1) is 0 Å². The Labute approximate surface area is 26.7 Å². The first-order valence-electron chi connectivity index (χ1n) is 0.567. The Bertz CT molecular complexity index is 11.6. The quantitative estimate of drug-likeness (QED) is 0.458. The zero-order chi connectivity index (χ0) is 3.58. The van der Waals surface area contributed by atoms with Crippen LogP contribution >= 0.6 is 0 Å². The summed E-state index contributed by atoms with van der Waals surface area (Å²) < 4.78 is 28.8. The molecular formula is CHF3O. The Morgan fingerprint density at radius 2 is 1.00 bits per heavy atom. The van der Waals surface area contributed by atoms with Crippen molar-refractivity contribution in [1.29, 1.82) is 0 Å². The van der Waals surface area contributed by atoms with Crippen LogP contribution < -0.4 is 0 Å². The minimum atomic E-state index is -3.08. The average Bonchev–Trinajstić information content (AvgIpc) is 0.811. The summed E-state index contributed by atoms with van der Waals surface area (Å²) in [5.41, 5.74) is 0. The summed E-state index contributed by atoms with van der Waals surface area (Å²) in [6.07, 6.45) is 0. The van der Waals surface area contributed by atoms with E-state index in [0.717, 1.165) is 0 Å². The summed E-state index contributed by atoms with van der Waals surface area (Å²) in [7, 11) is 0. The maximum absolute atomic E-state index is 9.58. The van der Waals surface area contributed by atoms with Crippen LogP contribution in [0.5, 0.6) is 0 Å². The van der Waals surface area contributed by atoms with E-state index in [9.17, 15) is 13.2 Å². The van der Waals surface area contributed by atoms with E-state index in [1.807, 2.05) is 0 Å². The average molecular weight is 86.0 g/mol. The predicted molar refractivity (Wildman–Crippen MR) is 8.50 cm³/mol. The first kappa shape index (κ1) is 8.83. The minimum Gasteiger partial charge on any atom is -0.255 e. The summed E-state index contributed by atoms with van der Waals surface area (Å²) in [6.45, 7) is -3.08. The Balaban J connectivity index is 0. The van der Waals surface area contributed by atoms with Crippen molar-refractivity contribution in [2.75, 3.05) is 0 Å². The number of hydrogen-bond acceptors (Lipinski definition) is 0. The molecule has 1 N–H and O–H groups in total. The van der Waals surface area contributed by atoms with E-state index in [1.54, 1.807) is 0 Å². The van der Waals surface area contributed by atoms with Crippen LogP contribution in [0.3, 0.4) is 0 Å². The molecule has 0 atom stereocenters. The molecule has 0 aromatic heterocycles. The van der Waals surface area contributed by atoms with Gasteiger partial charge in [0.25, 0.3) is 0 Å². The van der Waals surface area contributed by atoms with Crippen LogP contribution in [0.2, 0.25) is 0 Å². The third kappa shape index (κ3) is 184. The molecule has 0 saturated heterocycles. The second-order valence-corrected chi connectivity index (χ2v) is 0.214. The first-order chi connectivity index (χ1) is 1.73. The fraction of sp³-hybridized carbons (Fsp3) is 0. The minimum absolute atomic E-state index is 0. The van der Waals surface area contributed by atoms with Crippen molar-refractivity contribution in [2.45, 2.75) is 0 Å². The Kier molecular flexibility index (Phi) is 6.62. The summed E-state index contributed by atoms with van der Waals surface area (Å²) in [5, 5.41) is 0. The van der Waals surface area contributed by atoms with E-state index in [-0.39, 0.29) is 5.48 Å². The number of hydrogen-bond donors (Lipinski definition) is 1. The monoisotopic (exact) mass is 86.0 g/mol. The topological polar surface area (TPSA) is 30.0 Å². The zero-order valence-corrected chi connectivity index (χ0v) is 2.08. The van der Waals surface area contributed by atoms with E-state index in [0.29, 0.717) is 0 Å². The van der Waals surface area contributed by atoms with Crippen LogP contribution in [0, 0.1) is 6.68 Å². The molecule has 0 aromatic rings. The molecule has 0 saturated carbocycles. The zero-order valence-electron chi connectivity index (χ0n) is 2.08. The van der Waals surface area contributed by atoms with Crippen molar-refractivity contribution in [3.8, 4) is 0 Å². The fourth-order valence-corrected chi connectivity index (χ4v) is 0. The lowest BCUT2D eigenvalue weighted by atomic mass is 11.6. The van der Waals surface area contributed by atoms with Gasteiger partial charge in [-0.2, -0.15) is 13.2 Å². The third-order valence-corrected chi connectivity index (χ3v) is 0. The second kappa shape index (κ2) is 3.75. The maximum Gasteiger partial charge on any atom is 0.487 e. The molecule has 0 aromatic carbocycles. The number of halogens is 3. The Hall–Kier alpha value is -0.250. The van der Waals surface area contributed by atoms with Crippen LogP contribution in [0.15, 0.2) is 0 Å². The summed E-state index contributed by atoms with van der Waals surface area (Å²) in [5.74, 6) is 0. The van der Waals surface area contributed by atoms with Crippen molar-refractivity contribution in [1.82, 2.24) is 0 Å². The molecule has 2 radical (unpaired) electrons. The van der Waals surface area contributed by atoms with Crippen molar-refractivity contribution >= 4 is 0 Å². The molecule has 0 aliphatic carbocycles. The van der Waals surface area contributed by atoms with Crippen molar-refractivity contribution < 1.29 is 18.6 Å². The van der Waals surface area contributed by atoms with E-state index in [2.05, 4.69) is 0 Å². The molecule has 0 amide bonds. The van der Waals surface area contributed by atoms with Crippen LogP contribution in [-0.2, 0) is 0 Å². The molecule has 0 unspecified atom stereocenters. The highest BCUT2D eigenvalue weighted by atomic mass is 19.4. The van der Waals surface area contributed by atoms with E-state index >= 15 is 0 Å². The smallest absolute Gasteiger partial charge is 0.255 e. The van der Waals surface area contributed by atoms with Gasteiger partial charge in [-0.3, -0.25) is 5.48 Å². The van der Waals surface area contributed by atoms with E-state index < -0.39 is 6.68 Å². The van der Waals surface area contributed by atoms with Gasteiger partial charge in [-0.15, -0.1) is 0 Å². The highest BCUT2D eigenvalue weighted by Gasteiger charge is 1.93. The fourth-order valence-electron chi connectivity index (χ4n) is 0. The van der Waals surface area contributed by atoms with Crippen LogP contribution in [0.4, 0.5) is 13.2 Å². The van der Waals surface area contributed by atoms with Crippen molar-refractivity contribution in [3.63, 3.8) is 0 Å². The normalized spacial score (nSPS) is 7.20. The van der Waals surface area contributed by atoms with Gasteiger partial charge in [-0.1, -0.05) is 0 Å². The lowest BCUT2D eigenvalue weighted by molar-refractivity contribution is 0.142. The van der Waals surface area contributed by atoms with Gasteiger partial charge in [0.2, 0.25) is 0 Å². The number of rotatable bonds is 0. The molecule has 4 heteroatoms. The molecule has 1 nitrogen and oxygen atoms in total. The van der Waals surface area contributed by atoms with Crippen LogP contribution in [0.1, 0.15) is 0 Å². The maximum atomic E-state index is 9.58. The van der Waals surface area contributed by atoms with Crippen LogP contribution in [0.25, 0.3) is 0 Å². The van der Waals surface area contributed by atoms with Gasteiger partial charge in [0, 0.05) is 0 Å². The Morgan fingerprint density at radius 1 is 1.00 bits per heavy atom. The molecule has 0 spiro atoms. The molecule has 0 heterocycles. The summed E-state index contributed by atoms with van der Waals surface area (Å²) >= 11 is 0. The van der Waals surface area contributed by atoms with Gasteiger partial charge >= 0.3 is 6.68 Å². The van der Waals surface area contributed by atoms with Crippen molar-refractivity contribution in [2.24, 2.45) is 0 Å². The molecule has 0 rings (SSSR count). The summed E-state index contributed by atoms with van der Waals surface area (Å²) in [6, 6.07) is 0. The SMILES string of the molecule is F[C](F)F.[OH]. The van der Waals surface area contributed by atoms with Crippen LogP contribution in [-0.4, -0.2) is 5.48 Å². The standard InChI is InChI=1S/CF3.HO/c2-1(3)4;/h;1H. The molecule has 0 aliphatic heterocycles. The van der Waals surface area contributed by atoms with E-state index in [4.69, 9.17) is 0 Å². The molecule has 5 heavy (non-hydrogen) atoms. The highest BCUT2D eigenvalue weighted by molar-refractivity contribution is 4.21. The van der Waals surface area contributed by atoms with Gasteiger partial charge in [0.15, 0.2) is 0 Å². The Morgan fingerprint density at radius 3 is 1.00 bits per heavy atom. The molecule has 0 aliphatic rings. The highest BCUT2D eigenvalue weighted by Crippen LogP contribution is 1.99. The third-order valence-electron chi connectivity index (χ3n) is 0. The molecular weight excluding hydrogens is 85.0 g/mol. The lowest BCUT2D eigenvalue weighted by Crippen LogP contribution is -1.49. The molecule has 0 fully saturated rings. The predicted octanol–water partition coefficient (Wildman–Crippen LogP) is 1.17. The second-order valence-electron chi connectivity index (χ2n) is 0.214. The van der Waals surface area contributed by atoms with E-state index in [1.165, 1.54) is 0 Å². The van der Waals surface area contributed by atoms with Gasteiger partial charge in [-0.05, 0) is 0 Å². The van der Waals surface area contributed by atoms with Gasteiger partial charge in [-0.25, -0.2) is 0 Å².